The molecule has 0 saturated carbocycles. The summed E-state index contributed by atoms with van der Waals surface area (Å²) in [5.41, 5.74) is 0.991. The van der Waals surface area contributed by atoms with Crippen molar-refractivity contribution in [2.24, 2.45) is 0 Å². The Bertz CT molecular complexity index is 317. The van der Waals surface area contributed by atoms with Gasteiger partial charge in [0.15, 0.2) is 0 Å². The number of carbonyl (C=O) groups is 1. The van der Waals surface area contributed by atoms with E-state index in [9.17, 15) is 4.79 Å². The first kappa shape index (κ1) is 10.2. The number of hydrogen-bond acceptors (Lipinski definition) is 3. The molecule has 1 saturated heterocycles. The lowest BCUT2D eigenvalue weighted by Gasteiger charge is -2.03. The molecule has 15 heavy (non-hydrogen) atoms. The van der Waals surface area contributed by atoms with E-state index in [0.717, 1.165) is 18.6 Å². The van der Waals surface area contributed by atoms with E-state index < -0.39 is 0 Å². The van der Waals surface area contributed by atoms with Crippen LogP contribution in [0.5, 0.6) is 0 Å². The average molecular weight is 206 g/mol. The van der Waals surface area contributed by atoms with Gasteiger partial charge >= 0.3 is 5.97 Å². The van der Waals surface area contributed by atoms with Gasteiger partial charge in [-0.25, -0.2) is 0 Å². The van der Waals surface area contributed by atoms with E-state index >= 15 is 0 Å². The predicted molar refractivity (Wildman–Crippen MR) is 55.5 cm³/mol. The highest BCUT2D eigenvalue weighted by Crippen LogP contribution is 2.13. The molecule has 0 bridgehead atoms. The van der Waals surface area contributed by atoms with Gasteiger partial charge in [0.05, 0.1) is 25.7 Å². The molecular weight excluding hydrogens is 192 g/mol. The molecule has 3 nitrogen and oxygen atoms in total. The lowest BCUT2D eigenvalue weighted by atomic mass is 10.2. The maximum absolute atomic E-state index is 11.4. The molecule has 1 unspecified atom stereocenters. The Hall–Kier alpha value is -1.35. The number of esters is 1. The summed E-state index contributed by atoms with van der Waals surface area (Å²) in [7, 11) is 0. The van der Waals surface area contributed by atoms with Gasteiger partial charge in [-0.1, -0.05) is 30.3 Å². The third-order valence-electron chi connectivity index (χ3n) is 2.30. The molecule has 3 heteroatoms. The van der Waals surface area contributed by atoms with Gasteiger partial charge in [-0.2, -0.15) is 0 Å². The fourth-order valence-corrected chi connectivity index (χ4v) is 1.35. The lowest BCUT2D eigenvalue weighted by Crippen LogP contribution is -2.10. The molecule has 0 radical (unpaired) electrons. The molecule has 1 aromatic rings. The van der Waals surface area contributed by atoms with Crippen LogP contribution in [0, 0.1) is 0 Å². The first-order valence-corrected chi connectivity index (χ1v) is 5.16. The number of rotatable bonds is 5. The van der Waals surface area contributed by atoms with Gasteiger partial charge in [-0.3, -0.25) is 4.79 Å². The molecule has 1 aliphatic heterocycles. The van der Waals surface area contributed by atoms with Crippen LogP contribution in [0.25, 0.3) is 0 Å². The summed E-state index contributed by atoms with van der Waals surface area (Å²) in [5.74, 6) is -0.165. The quantitative estimate of drug-likeness (QED) is 0.542. The van der Waals surface area contributed by atoms with Crippen molar-refractivity contribution in [2.45, 2.75) is 18.9 Å². The maximum atomic E-state index is 11.4. The molecule has 0 spiro atoms. The fraction of sp³-hybridized carbons (Fsp3) is 0.417. The molecular formula is C12H14O3. The SMILES string of the molecule is O=C(Cc1ccccc1)OCCC1CO1. The van der Waals surface area contributed by atoms with Crippen LogP contribution in [0.2, 0.25) is 0 Å². The van der Waals surface area contributed by atoms with Crippen LogP contribution < -0.4 is 0 Å². The van der Waals surface area contributed by atoms with Crippen LogP contribution in [-0.2, 0) is 20.7 Å². The molecule has 1 aromatic carbocycles. The highest BCUT2D eigenvalue weighted by Gasteiger charge is 2.22. The second-order valence-electron chi connectivity index (χ2n) is 3.63. The molecule has 1 atom stereocenters. The van der Waals surface area contributed by atoms with Crippen molar-refractivity contribution in [1.29, 1.82) is 0 Å². The minimum absolute atomic E-state index is 0.165. The minimum atomic E-state index is -0.165. The van der Waals surface area contributed by atoms with Crippen molar-refractivity contribution >= 4 is 5.97 Å². The molecule has 2 rings (SSSR count). The lowest BCUT2D eigenvalue weighted by molar-refractivity contribution is -0.143. The summed E-state index contributed by atoms with van der Waals surface area (Å²) >= 11 is 0. The van der Waals surface area contributed by atoms with Crippen molar-refractivity contribution in [3.63, 3.8) is 0 Å². The van der Waals surface area contributed by atoms with E-state index in [4.69, 9.17) is 9.47 Å². The molecule has 1 fully saturated rings. The molecule has 0 N–H and O–H groups in total. The van der Waals surface area contributed by atoms with E-state index in [1.807, 2.05) is 30.3 Å². The summed E-state index contributed by atoms with van der Waals surface area (Å²) in [6.45, 7) is 1.28. The van der Waals surface area contributed by atoms with Gasteiger partial charge < -0.3 is 9.47 Å². The standard InChI is InChI=1S/C12H14O3/c13-12(14-7-6-11-9-15-11)8-10-4-2-1-3-5-10/h1-5,11H,6-9H2. The smallest absolute Gasteiger partial charge is 0.310 e. The van der Waals surface area contributed by atoms with Crippen LogP contribution in [0.15, 0.2) is 30.3 Å². The third kappa shape index (κ3) is 3.72. The highest BCUT2D eigenvalue weighted by molar-refractivity contribution is 5.72. The van der Waals surface area contributed by atoms with E-state index in [0.29, 0.717) is 19.1 Å². The molecule has 0 amide bonds. The van der Waals surface area contributed by atoms with Crippen molar-refractivity contribution in [3.05, 3.63) is 35.9 Å². The second kappa shape index (κ2) is 4.94. The molecule has 0 aromatic heterocycles. The zero-order valence-electron chi connectivity index (χ0n) is 8.52. The van der Waals surface area contributed by atoms with Gasteiger partial charge in [-0.05, 0) is 5.56 Å². The highest BCUT2D eigenvalue weighted by atomic mass is 16.6. The number of benzene rings is 1. The second-order valence-corrected chi connectivity index (χ2v) is 3.63. The van der Waals surface area contributed by atoms with E-state index in [1.165, 1.54) is 0 Å². The predicted octanol–water partition coefficient (Wildman–Crippen LogP) is 1.56. The Kier molecular flexibility index (Phi) is 3.35. The largest absolute Gasteiger partial charge is 0.465 e. The topological polar surface area (TPSA) is 38.8 Å². The van der Waals surface area contributed by atoms with Crippen LogP contribution >= 0.6 is 0 Å². The minimum Gasteiger partial charge on any atom is -0.465 e. The Morgan fingerprint density at radius 2 is 2.13 bits per heavy atom. The summed E-state index contributed by atoms with van der Waals surface area (Å²) in [6.07, 6.45) is 1.50. The normalized spacial score (nSPS) is 18.5. The molecule has 1 aliphatic rings. The molecule has 80 valence electrons. The average Bonchev–Trinajstić information content (AvgIpc) is 3.03. The number of carbonyl (C=O) groups excluding carboxylic acids is 1. The number of epoxide rings is 1. The first-order chi connectivity index (χ1) is 7.34. The molecule has 1 heterocycles. The monoisotopic (exact) mass is 206 g/mol. The molecule has 0 aliphatic carbocycles. The van der Waals surface area contributed by atoms with Crippen LogP contribution in [0.3, 0.4) is 0 Å². The van der Waals surface area contributed by atoms with Crippen molar-refractivity contribution < 1.29 is 14.3 Å². The van der Waals surface area contributed by atoms with E-state index in [-0.39, 0.29) is 5.97 Å². The van der Waals surface area contributed by atoms with Gasteiger partial charge in [-0.15, -0.1) is 0 Å². The van der Waals surface area contributed by atoms with Gasteiger partial charge in [0.2, 0.25) is 0 Å². The maximum Gasteiger partial charge on any atom is 0.310 e. The van der Waals surface area contributed by atoms with Crippen molar-refractivity contribution in [3.8, 4) is 0 Å². The zero-order valence-corrected chi connectivity index (χ0v) is 8.52. The first-order valence-electron chi connectivity index (χ1n) is 5.16. The zero-order chi connectivity index (χ0) is 10.5. The van der Waals surface area contributed by atoms with Crippen molar-refractivity contribution in [2.75, 3.05) is 13.2 Å². The Labute approximate surface area is 89.0 Å². The Balaban J connectivity index is 1.67. The summed E-state index contributed by atoms with van der Waals surface area (Å²) < 4.78 is 10.1. The van der Waals surface area contributed by atoms with Gasteiger partial charge in [0.25, 0.3) is 0 Å². The summed E-state index contributed by atoms with van der Waals surface area (Å²) in [6, 6.07) is 9.61. The summed E-state index contributed by atoms with van der Waals surface area (Å²) in [5, 5.41) is 0. The Morgan fingerprint density at radius 1 is 1.40 bits per heavy atom. The Morgan fingerprint density at radius 3 is 2.80 bits per heavy atom. The van der Waals surface area contributed by atoms with Crippen LogP contribution in [0.4, 0.5) is 0 Å². The number of hydrogen-bond donors (Lipinski definition) is 0. The summed E-state index contributed by atoms with van der Waals surface area (Å²) in [4.78, 5) is 11.4. The van der Waals surface area contributed by atoms with E-state index in [2.05, 4.69) is 0 Å². The van der Waals surface area contributed by atoms with Crippen LogP contribution in [-0.4, -0.2) is 25.3 Å². The number of ether oxygens (including phenoxy) is 2. The third-order valence-corrected chi connectivity index (χ3v) is 2.30. The van der Waals surface area contributed by atoms with Crippen LogP contribution in [0.1, 0.15) is 12.0 Å². The van der Waals surface area contributed by atoms with Gasteiger partial charge in [0, 0.05) is 6.42 Å². The fourth-order valence-electron chi connectivity index (χ4n) is 1.35. The van der Waals surface area contributed by atoms with E-state index in [1.54, 1.807) is 0 Å². The van der Waals surface area contributed by atoms with Gasteiger partial charge in [0.1, 0.15) is 0 Å². The van der Waals surface area contributed by atoms with Crippen molar-refractivity contribution in [1.82, 2.24) is 0 Å².